The van der Waals surface area contributed by atoms with Crippen LogP contribution < -0.4 is 0 Å². The lowest BCUT2D eigenvalue weighted by molar-refractivity contribution is 0.202. The van der Waals surface area contributed by atoms with Gasteiger partial charge in [0.05, 0.1) is 33.9 Å². The fourth-order valence-electron chi connectivity index (χ4n) is 3.89. The second-order valence-electron chi connectivity index (χ2n) is 6.74. The summed E-state index contributed by atoms with van der Waals surface area (Å²) in [6.45, 7) is 2.44. The average Bonchev–Trinajstić information content (AvgIpc) is 3.22. The van der Waals surface area contributed by atoms with Crippen LogP contribution >= 0.6 is 11.3 Å². The first-order valence-electron chi connectivity index (χ1n) is 8.13. The third-order valence-corrected chi connectivity index (χ3v) is 9.13. The van der Waals surface area contributed by atoms with Crippen molar-refractivity contribution in [2.24, 2.45) is 0 Å². The minimum atomic E-state index is -3.72. The zero-order valence-electron chi connectivity index (χ0n) is 14.4. The van der Waals surface area contributed by atoms with E-state index in [1.165, 1.54) is 19.9 Å². The molecular weight excluding hydrogens is 394 g/mol. The predicted octanol–water partition coefficient (Wildman–Crippen LogP) is 1.52. The summed E-state index contributed by atoms with van der Waals surface area (Å²) in [4.78, 5) is 4.67. The van der Waals surface area contributed by atoms with Crippen LogP contribution in [0, 0.1) is 6.92 Å². The van der Waals surface area contributed by atoms with Crippen molar-refractivity contribution in [3.8, 4) is 0 Å². The van der Waals surface area contributed by atoms with Crippen LogP contribution in [0.2, 0.25) is 0 Å². The molecule has 10 heteroatoms. The van der Waals surface area contributed by atoms with Crippen LogP contribution in [0.1, 0.15) is 22.7 Å². The van der Waals surface area contributed by atoms with Gasteiger partial charge in [0.15, 0.2) is 0 Å². The highest BCUT2D eigenvalue weighted by Gasteiger charge is 2.57. The molecule has 4 rings (SSSR count). The quantitative estimate of drug-likeness (QED) is 0.761. The molecule has 1 atom stereocenters. The monoisotopic (exact) mass is 413 g/mol. The van der Waals surface area contributed by atoms with E-state index in [2.05, 4.69) is 4.98 Å². The summed E-state index contributed by atoms with van der Waals surface area (Å²) in [6, 6.07) is 6.90. The van der Waals surface area contributed by atoms with E-state index in [0.717, 1.165) is 11.3 Å². The molecule has 140 valence electrons. The van der Waals surface area contributed by atoms with E-state index < -0.39 is 25.6 Å². The lowest BCUT2D eigenvalue weighted by Gasteiger charge is -2.33. The van der Waals surface area contributed by atoms with Gasteiger partial charge in [0.25, 0.3) is 0 Å². The molecule has 0 amide bonds. The Morgan fingerprint density at radius 2 is 2.04 bits per heavy atom. The van der Waals surface area contributed by atoms with E-state index in [4.69, 9.17) is 0 Å². The van der Waals surface area contributed by atoms with Gasteiger partial charge >= 0.3 is 0 Å². The Morgan fingerprint density at radius 1 is 1.31 bits per heavy atom. The molecule has 0 saturated carbocycles. The molecule has 0 N–H and O–H groups in total. The van der Waals surface area contributed by atoms with Crippen molar-refractivity contribution in [3.05, 3.63) is 45.9 Å². The summed E-state index contributed by atoms with van der Waals surface area (Å²) >= 11 is 1.47. The number of aryl methyl sites for hydroxylation is 1. The Kier molecular flexibility index (Phi) is 4.05. The summed E-state index contributed by atoms with van der Waals surface area (Å²) in [5.74, 6) is 0. The molecule has 1 aromatic carbocycles. The van der Waals surface area contributed by atoms with Crippen LogP contribution in [-0.4, -0.2) is 49.8 Å². The lowest BCUT2D eigenvalue weighted by atomic mass is 9.89. The first kappa shape index (κ1) is 18.1. The van der Waals surface area contributed by atoms with E-state index in [9.17, 15) is 16.8 Å². The van der Waals surface area contributed by atoms with Crippen molar-refractivity contribution in [2.45, 2.75) is 30.3 Å². The molecule has 0 radical (unpaired) electrons. The second kappa shape index (κ2) is 5.83. The van der Waals surface area contributed by atoms with Gasteiger partial charge in [-0.25, -0.2) is 21.8 Å². The van der Waals surface area contributed by atoms with E-state index in [0.29, 0.717) is 24.2 Å². The van der Waals surface area contributed by atoms with Crippen molar-refractivity contribution in [1.29, 1.82) is 0 Å². The van der Waals surface area contributed by atoms with Crippen molar-refractivity contribution in [1.82, 2.24) is 13.6 Å². The highest BCUT2D eigenvalue weighted by Crippen LogP contribution is 2.50. The molecule has 1 spiro atoms. The van der Waals surface area contributed by atoms with Gasteiger partial charge in [-0.2, -0.15) is 8.61 Å². The number of hydrogen-bond acceptors (Lipinski definition) is 6. The second-order valence-corrected chi connectivity index (χ2v) is 11.6. The summed E-state index contributed by atoms with van der Waals surface area (Å²) < 4.78 is 53.4. The predicted molar refractivity (Wildman–Crippen MR) is 98.7 cm³/mol. The molecule has 2 aliphatic heterocycles. The molecule has 1 saturated heterocycles. The zero-order chi connectivity index (χ0) is 18.7. The number of hydrogen-bond donors (Lipinski definition) is 0. The minimum absolute atomic E-state index is 0.130. The summed E-state index contributed by atoms with van der Waals surface area (Å²) in [5.41, 5.74) is 0.481. The van der Waals surface area contributed by atoms with E-state index in [1.807, 2.05) is 12.3 Å². The average molecular weight is 414 g/mol. The number of fused-ring (bicyclic) bond motifs is 2. The van der Waals surface area contributed by atoms with Gasteiger partial charge in [0.2, 0.25) is 20.0 Å². The van der Waals surface area contributed by atoms with Gasteiger partial charge in [-0.1, -0.05) is 18.2 Å². The number of nitrogens with zero attached hydrogens (tertiary/aromatic N) is 3. The maximum Gasteiger partial charge on any atom is 0.244 e. The Bertz CT molecular complexity index is 1080. The number of aromatic nitrogens is 1. The highest BCUT2D eigenvalue weighted by atomic mass is 32.2. The van der Waals surface area contributed by atoms with Gasteiger partial charge in [-0.3, -0.25) is 0 Å². The summed E-state index contributed by atoms with van der Waals surface area (Å²) in [7, 11) is -7.12. The lowest BCUT2D eigenvalue weighted by Crippen LogP contribution is -2.46. The Balaban J connectivity index is 1.85. The molecule has 0 aliphatic carbocycles. The maximum absolute atomic E-state index is 13.2. The topological polar surface area (TPSA) is 87.7 Å². The Hall–Kier alpha value is -1.33. The molecule has 1 aromatic heterocycles. The van der Waals surface area contributed by atoms with Gasteiger partial charge in [0, 0.05) is 18.5 Å². The van der Waals surface area contributed by atoms with Crippen molar-refractivity contribution < 1.29 is 16.8 Å². The van der Waals surface area contributed by atoms with Crippen LogP contribution in [0.25, 0.3) is 0 Å². The van der Waals surface area contributed by atoms with Gasteiger partial charge in [-0.15, -0.1) is 11.3 Å². The molecular formula is C16H19N3O4S3. The molecule has 1 unspecified atom stereocenters. The van der Waals surface area contributed by atoms with E-state index in [1.54, 1.807) is 24.3 Å². The van der Waals surface area contributed by atoms with Crippen LogP contribution in [-0.2, 0) is 32.1 Å². The summed E-state index contributed by atoms with van der Waals surface area (Å²) in [5, 5.41) is 2.72. The molecule has 2 aliphatic rings. The molecule has 0 bridgehead atoms. The van der Waals surface area contributed by atoms with Crippen LogP contribution in [0.4, 0.5) is 0 Å². The van der Waals surface area contributed by atoms with Crippen LogP contribution in [0.5, 0.6) is 0 Å². The highest BCUT2D eigenvalue weighted by molar-refractivity contribution is 7.89. The number of rotatable bonds is 3. The maximum atomic E-state index is 13.2. The fourth-order valence-corrected chi connectivity index (χ4v) is 7.40. The fraction of sp³-hybridized carbons (Fsp3) is 0.438. The van der Waals surface area contributed by atoms with Crippen molar-refractivity contribution in [2.75, 3.05) is 19.3 Å². The Morgan fingerprint density at radius 3 is 2.65 bits per heavy atom. The number of thiazole rings is 1. The normalized spacial score (nSPS) is 25.8. The van der Waals surface area contributed by atoms with Gasteiger partial charge < -0.3 is 0 Å². The third kappa shape index (κ3) is 2.63. The Labute approximate surface area is 157 Å². The zero-order valence-corrected chi connectivity index (χ0v) is 16.9. The first-order valence-corrected chi connectivity index (χ1v) is 12.3. The molecule has 7 nitrogen and oxygen atoms in total. The minimum Gasteiger partial charge on any atom is -0.245 e. The summed E-state index contributed by atoms with van der Waals surface area (Å²) in [6.07, 6.45) is 1.59. The van der Waals surface area contributed by atoms with Crippen LogP contribution in [0.15, 0.2) is 34.5 Å². The van der Waals surface area contributed by atoms with E-state index >= 15 is 0 Å². The smallest absolute Gasteiger partial charge is 0.244 e. The standard InChI is InChI=1S/C16H19N3O4S3/c1-12-17-13(10-24-12)9-19-16(7-8-18(11-16)25(2,20)21)14-5-3-4-6-15(14)26(19,22)23/h3-6,10H,7-9,11H2,1-2H3. The van der Waals surface area contributed by atoms with Crippen molar-refractivity contribution in [3.63, 3.8) is 0 Å². The van der Waals surface area contributed by atoms with Crippen LogP contribution in [0.3, 0.4) is 0 Å². The number of benzene rings is 1. The third-order valence-electron chi connectivity index (χ3n) is 5.09. The van der Waals surface area contributed by atoms with E-state index in [-0.39, 0.29) is 18.0 Å². The number of sulfonamides is 2. The molecule has 1 fully saturated rings. The molecule has 3 heterocycles. The largest absolute Gasteiger partial charge is 0.245 e. The van der Waals surface area contributed by atoms with Gasteiger partial charge in [0.1, 0.15) is 0 Å². The first-order chi connectivity index (χ1) is 12.1. The van der Waals surface area contributed by atoms with Gasteiger partial charge in [-0.05, 0) is 25.0 Å². The molecule has 26 heavy (non-hydrogen) atoms. The van der Waals surface area contributed by atoms with Crippen molar-refractivity contribution >= 4 is 31.4 Å². The SMILES string of the molecule is Cc1nc(CN2C3(CCN(S(C)(=O)=O)C3)c3ccccc3S2(=O)=O)cs1. The molecule has 2 aromatic rings.